The molecule has 0 aliphatic rings. The number of thiazole rings is 1. The summed E-state index contributed by atoms with van der Waals surface area (Å²) in [4.78, 5) is 19.2. The summed E-state index contributed by atoms with van der Waals surface area (Å²) in [6, 6.07) is 7.96. The van der Waals surface area contributed by atoms with Crippen LogP contribution in [0.3, 0.4) is 0 Å². The number of rotatable bonds is 4. The average molecular weight is 328 g/mol. The van der Waals surface area contributed by atoms with E-state index in [9.17, 15) is 4.79 Å². The van der Waals surface area contributed by atoms with E-state index in [-0.39, 0.29) is 5.91 Å². The first-order chi connectivity index (χ1) is 11.0. The second-order valence-corrected chi connectivity index (χ2v) is 6.56. The van der Waals surface area contributed by atoms with Crippen LogP contribution >= 0.6 is 11.3 Å². The Morgan fingerprint density at radius 1 is 1.30 bits per heavy atom. The number of benzene rings is 1. The van der Waals surface area contributed by atoms with Gasteiger partial charge in [-0.05, 0) is 32.9 Å². The highest BCUT2D eigenvalue weighted by Crippen LogP contribution is 2.29. The molecule has 0 unspecified atom stereocenters. The van der Waals surface area contributed by atoms with Crippen molar-refractivity contribution in [3.05, 3.63) is 41.2 Å². The van der Waals surface area contributed by atoms with Gasteiger partial charge in [-0.15, -0.1) is 0 Å². The van der Waals surface area contributed by atoms with Crippen molar-refractivity contribution in [2.45, 2.75) is 27.2 Å². The van der Waals surface area contributed by atoms with Gasteiger partial charge in [0.1, 0.15) is 0 Å². The fraction of sp³-hybridized carbons (Fsp3) is 0.353. The number of hydrogen-bond donors (Lipinski definition) is 0. The first kappa shape index (κ1) is 15.7. The Kier molecular flexibility index (Phi) is 4.17. The molecule has 2 aromatic heterocycles. The zero-order valence-electron chi connectivity index (χ0n) is 13.8. The molecule has 0 aliphatic carbocycles. The standard InChI is InChI=1S/C17H20N4OS/c1-5-21(17-18-14-8-6-7-9-15(14)23-17)16(22)10-13-11(2)19-20(4)12(13)3/h6-9H,5,10H2,1-4H3. The summed E-state index contributed by atoms with van der Waals surface area (Å²) in [5.74, 6) is 0.0609. The maximum Gasteiger partial charge on any atom is 0.233 e. The van der Waals surface area contributed by atoms with Crippen LogP contribution in [0.25, 0.3) is 10.2 Å². The number of fused-ring (bicyclic) bond motifs is 1. The highest BCUT2D eigenvalue weighted by atomic mass is 32.1. The smallest absolute Gasteiger partial charge is 0.233 e. The van der Waals surface area contributed by atoms with Crippen LogP contribution in [-0.4, -0.2) is 27.2 Å². The van der Waals surface area contributed by atoms with Gasteiger partial charge in [0.2, 0.25) is 5.91 Å². The molecular formula is C17H20N4OS. The van der Waals surface area contributed by atoms with Crippen LogP contribution in [0.1, 0.15) is 23.9 Å². The number of carbonyl (C=O) groups excluding carboxylic acids is 1. The molecule has 3 aromatic rings. The van der Waals surface area contributed by atoms with Gasteiger partial charge in [-0.1, -0.05) is 23.5 Å². The van der Waals surface area contributed by atoms with Crippen LogP contribution in [0.2, 0.25) is 0 Å². The second kappa shape index (κ2) is 6.12. The molecular weight excluding hydrogens is 308 g/mol. The predicted molar refractivity (Wildman–Crippen MR) is 94.0 cm³/mol. The first-order valence-corrected chi connectivity index (χ1v) is 8.48. The van der Waals surface area contributed by atoms with Crippen LogP contribution in [0.5, 0.6) is 0 Å². The van der Waals surface area contributed by atoms with Gasteiger partial charge in [-0.3, -0.25) is 14.4 Å². The molecule has 1 amide bonds. The lowest BCUT2D eigenvalue weighted by Gasteiger charge is -2.17. The third-order valence-electron chi connectivity index (χ3n) is 4.12. The normalized spacial score (nSPS) is 11.1. The van der Waals surface area contributed by atoms with Gasteiger partial charge in [0, 0.05) is 24.8 Å². The molecule has 23 heavy (non-hydrogen) atoms. The molecule has 0 aliphatic heterocycles. The van der Waals surface area contributed by atoms with Crippen molar-refractivity contribution >= 4 is 32.6 Å². The lowest BCUT2D eigenvalue weighted by molar-refractivity contribution is -0.117. The third-order valence-corrected chi connectivity index (χ3v) is 5.18. The van der Waals surface area contributed by atoms with E-state index in [2.05, 4.69) is 10.1 Å². The fourth-order valence-corrected chi connectivity index (χ4v) is 3.76. The predicted octanol–water partition coefficient (Wildman–Crippen LogP) is 3.24. The molecule has 0 spiro atoms. The Hall–Kier alpha value is -2.21. The summed E-state index contributed by atoms with van der Waals surface area (Å²) in [6.07, 6.45) is 0.356. The zero-order valence-corrected chi connectivity index (χ0v) is 14.6. The topological polar surface area (TPSA) is 51.0 Å². The molecule has 0 saturated heterocycles. The summed E-state index contributed by atoms with van der Waals surface area (Å²) in [5, 5.41) is 5.15. The molecule has 2 heterocycles. The van der Waals surface area contributed by atoms with Gasteiger partial charge in [0.25, 0.3) is 0 Å². The van der Waals surface area contributed by atoms with Gasteiger partial charge in [0.15, 0.2) is 5.13 Å². The number of aryl methyl sites for hydroxylation is 2. The maximum atomic E-state index is 12.8. The lowest BCUT2D eigenvalue weighted by atomic mass is 10.1. The van der Waals surface area contributed by atoms with Crippen LogP contribution in [0, 0.1) is 13.8 Å². The van der Waals surface area contributed by atoms with Crippen LogP contribution in [0.4, 0.5) is 5.13 Å². The van der Waals surface area contributed by atoms with E-state index in [0.717, 1.165) is 32.3 Å². The van der Waals surface area contributed by atoms with Gasteiger partial charge < -0.3 is 0 Å². The molecule has 3 rings (SSSR count). The molecule has 0 fully saturated rings. The Morgan fingerprint density at radius 3 is 2.65 bits per heavy atom. The van der Waals surface area contributed by atoms with E-state index in [4.69, 9.17) is 0 Å². The quantitative estimate of drug-likeness (QED) is 0.739. The Labute approximate surface area is 139 Å². The summed E-state index contributed by atoms with van der Waals surface area (Å²) >= 11 is 1.56. The molecule has 0 saturated carbocycles. The highest BCUT2D eigenvalue weighted by molar-refractivity contribution is 7.22. The second-order valence-electron chi connectivity index (χ2n) is 5.55. The lowest BCUT2D eigenvalue weighted by Crippen LogP contribution is -2.32. The molecule has 0 N–H and O–H groups in total. The highest BCUT2D eigenvalue weighted by Gasteiger charge is 2.21. The summed E-state index contributed by atoms with van der Waals surface area (Å²) in [5.41, 5.74) is 3.90. The molecule has 5 nitrogen and oxygen atoms in total. The Bertz CT molecular complexity index is 832. The van der Waals surface area contributed by atoms with E-state index >= 15 is 0 Å². The Morgan fingerprint density at radius 2 is 2.04 bits per heavy atom. The summed E-state index contributed by atoms with van der Waals surface area (Å²) in [6.45, 7) is 6.53. The van der Waals surface area contributed by atoms with Crippen molar-refractivity contribution in [3.8, 4) is 0 Å². The first-order valence-electron chi connectivity index (χ1n) is 7.66. The molecule has 1 aromatic carbocycles. The molecule has 0 atom stereocenters. The van der Waals surface area contributed by atoms with Crippen molar-refractivity contribution in [1.29, 1.82) is 0 Å². The van der Waals surface area contributed by atoms with E-state index in [1.165, 1.54) is 0 Å². The minimum Gasteiger partial charge on any atom is -0.288 e. The number of carbonyl (C=O) groups is 1. The third kappa shape index (κ3) is 2.86. The van der Waals surface area contributed by atoms with E-state index in [0.29, 0.717) is 13.0 Å². The van der Waals surface area contributed by atoms with Crippen molar-refractivity contribution < 1.29 is 4.79 Å². The fourth-order valence-electron chi connectivity index (χ4n) is 2.71. The minimum atomic E-state index is 0.0609. The minimum absolute atomic E-state index is 0.0609. The Balaban J connectivity index is 1.89. The van der Waals surface area contributed by atoms with Gasteiger partial charge in [-0.2, -0.15) is 5.10 Å². The SMILES string of the molecule is CCN(C(=O)Cc1c(C)nn(C)c1C)c1nc2ccccc2s1. The molecule has 0 bridgehead atoms. The van der Waals surface area contributed by atoms with Gasteiger partial charge in [0.05, 0.1) is 22.3 Å². The molecule has 120 valence electrons. The van der Waals surface area contributed by atoms with Crippen molar-refractivity contribution in [2.24, 2.45) is 7.05 Å². The van der Waals surface area contributed by atoms with Crippen LogP contribution in [-0.2, 0) is 18.3 Å². The largest absolute Gasteiger partial charge is 0.288 e. The number of para-hydroxylation sites is 1. The number of amides is 1. The summed E-state index contributed by atoms with van der Waals surface area (Å²) in [7, 11) is 1.90. The number of likely N-dealkylation sites (N-methyl/N-ethyl adjacent to an activating group) is 1. The van der Waals surface area contributed by atoms with Crippen molar-refractivity contribution in [2.75, 3.05) is 11.4 Å². The van der Waals surface area contributed by atoms with Crippen LogP contribution < -0.4 is 4.90 Å². The van der Waals surface area contributed by atoms with Gasteiger partial charge >= 0.3 is 0 Å². The number of hydrogen-bond acceptors (Lipinski definition) is 4. The number of anilines is 1. The maximum absolute atomic E-state index is 12.8. The van der Waals surface area contributed by atoms with Crippen molar-refractivity contribution in [1.82, 2.24) is 14.8 Å². The monoisotopic (exact) mass is 328 g/mol. The molecule has 0 radical (unpaired) electrons. The average Bonchev–Trinajstić information content (AvgIpc) is 3.04. The van der Waals surface area contributed by atoms with Gasteiger partial charge in [-0.25, -0.2) is 4.98 Å². The zero-order chi connectivity index (χ0) is 16.6. The van der Waals surface area contributed by atoms with Crippen LogP contribution in [0.15, 0.2) is 24.3 Å². The number of nitrogens with zero attached hydrogens (tertiary/aromatic N) is 4. The molecule has 6 heteroatoms. The number of aromatic nitrogens is 3. The van der Waals surface area contributed by atoms with E-state index < -0.39 is 0 Å². The van der Waals surface area contributed by atoms with E-state index in [1.54, 1.807) is 16.2 Å². The summed E-state index contributed by atoms with van der Waals surface area (Å²) < 4.78 is 2.92. The van der Waals surface area contributed by atoms with E-state index in [1.807, 2.05) is 56.8 Å². The van der Waals surface area contributed by atoms with Crippen molar-refractivity contribution in [3.63, 3.8) is 0 Å².